The lowest BCUT2D eigenvalue weighted by Crippen LogP contribution is -2.70. The fourth-order valence-corrected chi connectivity index (χ4v) is 9.01. The standard InChI is InChI=1S/C29H26N6O4S4/c1-34-29(31-32-33-34)42-17-21-22(15-36)43-28-24(30-23(37)14-20-16-40-12-13-41-20)26(38)35(28)27(21)39-25(18-8-4-2-5-9-18)19-10-6-3-7-11-19/h2-11,16,24-25,28H,12-14,17H2,1H3,(H,30,37). The second-order valence-corrected chi connectivity index (χ2v) is 13.9. The van der Waals surface area contributed by atoms with Gasteiger partial charge >= 0.3 is 0 Å². The molecule has 0 bridgehead atoms. The Balaban J connectivity index is 1.34. The summed E-state index contributed by atoms with van der Waals surface area (Å²) in [5.74, 6) is 4.03. The van der Waals surface area contributed by atoms with Gasteiger partial charge in [-0.15, -0.1) is 28.6 Å². The van der Waals surface area contributed by atoms with E-state index in [1.165, 1.54) is 28.2 Å². The number of carbonyl (C=O) groups is 2. The van der Waals surface area contributed by atoms with Crippen LogP contribution in [-0.4, -0.2) is 71.5 Å². The monoisotopic (exact) mass is 650 g/mol. The molecule has 4 heterocycles. The normalized spacial score (nSPS) is 19.9. The molecular formula is C29H26N6O4S4. The molecule has 2 aromatic carbocycles. The number of nitrogens with one attached hydrogen (secondary N) is 1. The number of thioether (sulfide) groups is 4. The first-order valence-electron chi connectivity index (χ1n) is 13.4. The fraction of sp³-hybridized carbons (Fsp3) is 0.276. The van der Waals surface area contributed by atoms with E-state index >= 15 is 0 Å². The number of carbonyl (C=O) groups excluding carboxylic acids is 3. The Morgan fingerprint density at radius 1 is 1.14 bits per heavy atom. The summed E-state index contributed by atoms with van der Waals surface area (Å²) in [6, 6.07) is 18.6. The number of hydrogen-bond donors (Lipinski definition) is 1. The van der Waals surface area contributed by atoms with Gasteiger partial charge in [-0.3, -0.25) is 14.5 Å². The third-order valence-electron chi connectivity index (χ3n) is 6.84. The van der Waals surface area contributed by atoms with Crippen molar-refractivity contribution < 1.29 is 19.1 Å². The first kappa shape index (κ1) is 29.6. The van der Waals surface area contributed by atoms with Gasteiger partial charge in [0.1, 0.15) is 22.3 Å². The van der Waals surface area contributed by atoms with Gasteiger partial charge in [0.15, 0.2) is 6.10 Å². The topological polar surface area (TPSA) is 119 Å². The van der Waals surface area contributed by atoms with Crippen LogP contribution in [0, 0.1) is 0 Å². The molecule has 3 aromatic rings. The van der Waals surface area contributed by atoms with Gasteiger partial charge in [0, 0.05) is 34.8 Å². The number of hydrogen-bond acceptors (Lipinski definition) is 11. The van der Waals surface area contributed by atoms with E-state index in [0.29, 0.717) is 15.6 Å². The fourth-order valence-electron chi connectivity index (χ4n) is 4.77. The first-order chi connectivity index (χ1) is 21.0. The zero-order valence-electron chi connectivity index (χ0n) is 22.9. The van der Waals surface area contributed by atoms with Crippen molar-refractivity contribution >= 4 is 64.8 Å². The van der Waals surface area contributed by atoms with E-state index in [2.05, 4.69) is 26.8 Å². The van der Waals surface area contributed by atoms with Crippen LogP contribution in [-0.2, 0) is 26.2 Å². The van der Waals surface area contributed by atoms with Gasteiger partial charge in [-0.05, 0) is 27.0 Å². The summed E-state index contributed by atoms with van der Waals surface area (Å²) in [6.45, 7) is 0. The molecule has 220 valence electrons. The Kier molecular flexibility index (Phi) is 9.29. The molecule has 10 nitrogen and oxygen atoms in total. The molecule has 2 amide bonds. The highest BCUT2D eigenvalue weighted by Gasteiger charge is 2.55. The summed E-state index contributed by atoms with van der Waals surface area (Å²) >= 11 is 5.87. The minimum atomic E-state index is -0.801. The molecule has 2 atom stereocenters. The van der Waals surface area contributed by atoms with Crippen LogP contribution in [0.4, 0.5) is 0 Å². The summed E-state index contributed by atoms with van der Waals surface area (Å²) in [5, 5.41) is 16.5. The van der Waals surface area contributed by atoms with Gasteiger partial charge in [0.25, 0.3) is 5.91 Å². The van der Waals surface area contributed by atoms with Gasteiger partial charge in [-0.25, -0.2) is 9.48 Å². The molecule has 1 aromatic heterocycles. The second-order valence-electron chi connectivity index (χ2n) is 9.65. The Morgan fingerprint density at radius 3 is 2.47 bits per heavy atom. The van der Waals surface area contributed by atoms with Crippen LogP contribution in [0.2, 0.25) is 0 Å². The van der Waals surface area contributed by atoms with Gasteiger partial charge in [0.05, 0.1) is 6.42 Å². The highest BCUT2D eigenvalue weighted by molar-refractivity contribution is 8.09. The minimum Gasteiger partial charge on any atom is -0.465 e. The number of β-lactam (4-membered cyclic amide) rings is 1. The van der Waals surface area contributed by atoms with Crippen molar-refractivity contribution in [3.8, 4) is 0 Å². The lowest BCUT2D eigenvalue weighted by Gasteiger charge is -2.50. The Labute approximate surface area is 265 Å². The molecule has 1 N–H and O–H groups in total. The quantitative estimate of drug-likeness (QED) is 0.194. The molecule has 43 heavy (non-hydrogen) atoms. The molecule has 0 radical (unpaired) electrons. The van der Waals surface area contributed by atoms with Crippen LogP contribution in [0.5, 0.6) is 0 Å². The number of allylic oxidation sites excluding steroid dienone is 1. The summed E-state index contributed by atoms with van der Waals surface area (Å²) < 4.78 is 8.29. The van der Waals surface area contributed by atoms with E-state index in [1.54, 1.807) is 35.5 Å². The van der Waals surface area contributed by atoms with Gasteiger partial charge in [-0.2, -0.15) is 0 Å². The van der Waals surface area contributed by atoms with Crippen molar-refractivity contribution in [1.82, 2.24) is 30.4 Å². The third-order valence-corrected chi connectivity index (χ3v) is 11.5. The van der Waals surface area contributed by atoms with Crippen LogP contribution in [0.15, 0.2) is 92.5 Å². The van der Waals surface area contributed by atoms with Crippen molar-refractivity contribution in [3.05, 3.63) is 98.5 Å². The van der Waals surface area contributed by atoms with E-state index in [0.717, 1.165) is 27.5 Å². The van der Waals surface area contributed by atoms with Crippen LogP contribution in [0.3, 0.4) is 0 Å². The van der Waals surface area contributed by atoms with E-state index in [9.17, 15) is 14.4 Å². The average Bonchev–Trinajstić information content (AvgIpc) is 3.46. The molecule has 0 spiro atoms. The smallest absolute Gasteiger partial charge is 0.256 e. The molecule has 1 saturated heterocycles. The zero-order chi connectivity index (χ0) is 29.8. The summed E-state index contributed by atoms with van der Waals surface area (Å²) in [6.07, 6.45) is -0.355. The van der Waals surface area contributed by atoms with E-state index in [4.69, 9.17) is 4.74 Å². The van der Waals surface area contributed by atoms with Crippen molar-refractivity contribution in [3.63, 3.8) is 0 Å². The van der Waals surface area contributed by atoms with Crippen molar-refractivity contribution in [2.45, 2.75) is 29.1 Å². The maximum Gasteiger partial charge on any atom is 0.256 e. The number of benzene rings is 2. The Morgan fingerprint density at radius 2 is 1.86 bits per heavy atom. The first-order valence-corrected chi connectivity index (χ1v) is 17.3. The van der Waals surface area contributed by atoms with Crippen LogP contribution < -0.4 is 5.32 Å². The third kappa shape index (κ3) is 6.43. The van der Waals surface area contributed by atoms with Crippen LogP contribution in [0.1, 0.15) is 23.7 Å². The Hall–Kier alpha value is -3.42. The van der Waals surface area contributed by atoms with Crippen molar-refractivity contribution in [2.24, 2.45) is 7.05 Å². The van der Waals surface area contributed by atoms with Crippen molar-refractivity contribution in [2.75, 3.05) is 17.3 Å². The molecule has 6 rings (SSSR count). The molecule has 3 aliphatic rings. The maximum absolute atomic E-state index is 13.7. The maximum atomic E-state index is 13.7. The minimum absolute atomic E-state index is 0.214. The molecule has 1 fully saturated rings. The molecule has 0 saturated carbocycles. The molecular weight excluding hydrogens is 625 g/mol. The van der Waals surface area contributed by atoms with Gasteiger partial charge in [0.2, 0.25) is 16.9 Å². The number of aromatic nitrogens is 4. The second kappa shape index (κ2) is 13.5. The number of aryl methyl sites for hydroxylation is 1. The number of nitrogens with zero attached hydrogens (tertiary/aromatic N) is 5. The number of ether oxygens (including phenoxy) is 1. The predicted octanol–water partition coefficient (Wildman–Crippen LogP) is 4.15. The largest absolute Gasteiger partial charge is 0.465 e. The highest BCUT2D eigenvalue weighted by atomic mass is 32.2. The highest BCUT2D eigenvalue weighted by Crippen LogP contribution is 2.48. The van der Waals surface area contributed by atoms with E-state index in [1.807, 2.05) is 66.1 Å². The summed E-state index contributed by atoms with van der Waals surface area (Å²) in [4.78, 5) is 41.9. The summed E-state index contributed by atoms with van der Waals surface area (Å²) in [7, 11) is 1.73. The molecule has 0 aliphatic carbocycles. The summed E-state index contributed by atoms with van der Waals surface area (Å²) in [5.41, 5.74) is 2.28. The number of fused-ring (bicyclic) bond motifs is 1. The van der Waals surface area contributed by atoms with Crippen molar-refractivity contribution in [1.29, 1.82) is 0 Å². The molecule has 3 aliphatic heterocycles. The van der Waals surface area contributed by atoms with Crippen LogP contribution >= 0.6 is 47.0 Å². The SMILES string of the molecule is Cn1nnnc1SCC1=C(OC(c2ccccc2)c2ccccc2)N2C(=O)C(NC(=O)CC3=CSCCS3)C2SC1=C=O. The number of tetrazole rings is 1. The number of rotatable bonds is 10. The van der Waals surface area contributed by atoms with Crippen LogP contribution in [0.25, 0.3) is 0 Å². The lowest BCUT2D eigenvalue weighted by atomic mass is 10.0. The molecule has 2 unspecified atom stereocenters. The predicted molar refractivity (Wildman–Crippen MR) is 169 cm³/mol. The van der Waals surface area contributed by atoms with Gasteiger partial charge in [-0.1, -0.05) is 84.2 Å². The van der Waals surface area contributed by atoms with E-state index < -0.39 is 17.5 Å². The zero-order valence-corrected chi connectivity index (χ0v) is 26.2. The van der Waals surface area contributed by atoms with Gasteiger partial charge < -0.3 is 10.1 Å². The number of amides is 2. The van der Waals surface area contributed by atoms with E-state index in [-0.39, 0.29) is 29.9 Å². The average molecular weight is 651 g/mol. The lowest BCUT2D eigenvalue weighted by molar-refractivity contribution is -0.150. The Bertz CT molecular complexity index is 1580. The molecule has 14 heteroatoms.